The van der Waals surface area contributed by atoms with Gasteiger partial charge in [0, 0.05) is 32.2 Å². The molecule has 0 spiro atoms. The summed E-state index contributed by atoms with van der Waals surface area (Å²) in [5.74, 6) is -1.56. The summed E-state index contributed by atoms with van der Waals surface area (Å²) in [5, 5.41) is 4.81. The first kappa shape index (κ1) is 24.5. The highest BCUT2D eigenvalue weighted by Crippen LogP contribution is 2.21. The number of urea groups is 1. The standard InChI is InChI=1S/C23H22F3N5O3S/c24-16-2-6-19(7-3-16)35(33,34)31-11-1-10-30(12-13-31)22-9-5-18(15-27-22)28-23(32)29-21-8-4-17(25)14-20(21)26/h2-9,14-15H,1,10-13H2,(H2,28,29,32). The number of hydrogen-bond donors (Lipinski definition) is 2. The topological polar surface area (TPSA) is 94.6 Å². The lowest BCUT2D eigenvalue weighted by atomic mass is 10.3. The van der Waals surface area contributed by atoms with E-state index in [9.17, 15) is 26.4 Å². The van der Waals surface area contributed by atoms with Gasteiger partial charge in [-0.25, -0.2) is 31.4 Å². The Morgan fingerprint density at radius 2 is 1.60 bits per heavy atom. The average Bonchev–Trinajstić information content (AvgIpc) is 3.09. The lowest BCUT2D eigenvalue weighted by Crippen LogP contribution is -2.35. The van der Waals surface area contributed by atoms with Gasteiger partial charge in [0.05, 0.1) is 22.5 Å². The molecule has 0 unspecified atom stereocenters. The molecule has 1 aliphatic rings. The number of rotatable bonds is 5. The summed E-state index contributed by atoms with van der Waals surface area (Å²) >= 11 is 0. The second-order valence-electron chi connectivity index (χ2n) is 7.81. The zero-order chi connectivity index (χ0) is 25.0. The molecule has 2 amide bonds. The fourth-order valence-corrected chi connectivity index (χ4v) is 5.11. The number of pyridine rings is 1. The van der Waals surface area contributed by atoms with Crippen LogP contribution in [0.3, 0.4) is 0 Å². The van der Waals surface area contributed by atoms with Gasteiger partial charge in [0.15, 0.2) is 0 Å². The number of carbonyl (C=O) groups excluding carboxylic acids is 1. The van der Waals surface area contributed by atoms with E-state index in [-0.39, 0.29) is 17.1 Å². The van der Waals surface area contributed by atoms with Crippen molar-refractivity contribution >= 4 is 33.2 Å². The van der Waals surface area contributed by atoms with Gasteiger partial charge in [0.1, 0.15) is 23.3 Å². The smallest absolute Gasteiger partial charge is 0.323 e. The number of amides is 2. The summed E-state index contributed by atoms with van der Waals surface area (Å²) in [7, 11) is -3.74. The van der Waals surface area contributed by atoms with E-state index in [2.05, 4.69) is 15.6 Å². The minimum Gasteiger partial charge on any atom is -0.355 e. The van der Waals surface area contributed by atoms with Gasteiger partial charge >= 0.3 is 6.03 Å². The molecule has 12 heteroatoms. The molecule has 2 aromatic carbocycles. The summed E-state index contributed by atoms with van der Waals surface area (Å²) < 4.78 is 67.0. The highest BCUT2D eigenvalue weighted by atomic mass is 32.2. The van der Waals surface area contributed by atoms with E-state index < -0.39 is 33.5 Å². The number of halogens is 3. The highest BCUT2D eigenvalue weighted by Gasteiger charge is 2.27. The molecule has 1 saturated heterocycles. The first-order valence-electron chi connectivity index (χ1n) is 10.7. The molecule has 35 heavy (non-hydrogen) atoms. The lowest BCUT2D eigenvalue weighted by molar-refractivity contribution is 0.262. The van der Waals surface area contributed by atoms with Crippen LogP contribution in [0.25, 0.3) is 0 Å². The molecule has 0 aliphatic carbocycles. The van der Waals surface area contributed by atoms with Gasteiger partial charge in [-0.3, -0.25) is 0 Å². The predicted octanol–water partition coefficient (Wildman–Crippen LogP) is 4.04. The van der Waals surface area contributed by atoms with Crippen LogP contribution < -0.4 is 15.5 Å². The minimum absolute atomic E-state index is 0.0414. The summed E-state index contributed by atoms with van der Waals surface area (Å²) in [6.45, 7) is 1.51. The van der Waals surface area contributed by atoms with Crippen LogP contribution in [-0.4, -0.2) is 49.9 Å². The number of nitrogens with one attached hydrogen (secondary N) is 2. The van der Waals surface area contributed by atoms with Crippen molar-refractivity contribution < 1.29 is 26.4 Å². The van der Waals surface area contributed by atoms with Crippen LogP contribution in [-0.2, 0) is 10.0 Å². The maximum absolute atomic E-state index is 13.7. The Kier molecular flexibility index (Phi) is 7.22. The number of benzene rings is 2. The van der Waals surface area contributed by atoms with E-state index in [0.29, 0.717) is 43.6 Å². The maximum Gasteiger partial charge on any atom is 0.323 e. The van der Waals surface area contributed by atoms with Crippen molar-refractivity contribution in [1.82, 2.24) is 9.29 Å². The third-order valence-corrected chi connectivity index (χ3v) is 7.33. The van der Waals surface area contributed by atoms with Crippen LogP contribution in [0.2, 0.25) is 0 Å². The Morgan fingerprint density at radius 3 is 2.29 bits per heavy atom. The normalized spacial score (nSPS) is 14.9. The van der Waals surface area contributed by atoms with Crippen molar-refractivity contribution in [2.75, 3.05) is 41.7 Å². The molecule has 3 aromatic rings. The highest BCUT2D eigenvalue weighted by molar-refractivity contribution is 7.89. The average molecular weight is 506 g/mol. The second kappa shape index (κ2) is 10.3. The third kappa shape index (κ3) is 5.89. The van der Waals surface area contributed by atoms with E-state index in [0.717, 1.165) is 24.3 Å². The molecule has 184 valence electrons. The number of anilines is 3. The maximum atomic E-state index is 13.7. The van der Waals surface area contributed by atoms with E-state index in [1.54, 1.807) is 12.1 Å². The zero-order valence-electron chi connectivity index (χ0n) is 18.4. The molecule has 0 bridgehead atoms. The lowest BCUT2D eigenvalue weighted by Gasteiger charge is -2.23. The van der Waals surface area contributed by atoms with Crippen molar-refractivity contribution in [2.45, 2.75) is 11.3 Å². The van der Waals surface area contributed by atoms with E-state index >= 15 is 0 Å². The van der Waals surface area contributed by atoms with Crippen LogP contribution in [0, 0.1) is 17.5 Å². The summed E-state index contributed by atoms with van der Waals surface area (Å²) in [5.41, 5.74) is 0.183. The van der Waals surface area contributed by atoms with Crippen LogP contribution in [0.1, 0.15) is 6.42 Å². The van der Waals surface area contributed by atoms with Gasteiger partial charge in [-0.1, -0.05) is 0 Å². The second-order valence-corrected chi connectivity index (χ2v) is 9.74. The van der Waals surface area contributed by atoms with Gasteiger partial charge in [-0.15, -0.1) is 0 Å². The number of carbonyl (C=O) groups is 1. The van der Waals surface area contributed by atoms with Gasteiger partial charge in [-0.05, 0) is 55.0 Å². The Labute approximate surface area is 200 Å². The Morgan fingerprint density at radius 1 is 0.857 bits per heavy atom. The molecule has 0 radical (unpaired) electrons. The molecule has 4 rings (SSSR count). The fourth-order valence-electron chi connectivity index (χ4n) is 3.64. The Bertz CT molecular complexity index is 1300. The molecule has 2 N–H and O–H groups in total. The molecular formula is C23H22F3N5O3S. The SMILES string of the molecule is O=C(Nc1ccc(N2CCCN(S(=O)(=O)c3ccc(F)cc3)CC2)nc1)Nc1ccc(F)cc1F. The largest absolute Gasteiger partial charge is 0.355 e. The van der Waals surface area contributed by atoms with Crippen LogP contribution in [0.4, 0.5) is 35.2 Å². The van der Waals surface area contributed by atoms with Crippen molar-refractivity contribution in [3.63, 3.8) is 0 Å². The number of hydrogen-bond acceptors (Lipinski definition) is 5. The summed E-state index contributed by atoms with van der Waals surface area (Å²) in [4.78, 5) is 18.4. The monoisotopic (exact) mass is 505 g/mol. The molecule has 0 atom stereocenters. The van der Waals surface area contributed by atoms with E-state index in [1.165, 1.54) is 22.6 Å². The van der Waals surface area contributed by atoms with E-state index in [1.807, 2.05) is 4.90 Å². The zero-order valence-corrected chi connectivity index (χ0v) is 19.2. The van der Waals surface area contributed by atoms with E-state index in [4.69, 9.17) is 0 Å². The number of aromatic nitrogens is 1. The molecule has 8 nitrogen and oxygen atoms in total. The predicted molar refractivity (Wildman–Crippen MR) is 125 cm³/mol. The van der Waals surface area contributed by atoms with Crippen LogP contribution in [0.15, 0.2) is 65.7 Å². The third-order valence-electron chi connectivity index (χ3n) is 5.42. The molecular weight excluding hydrogens is 483 g/mol. The molecule has 1 aliphatic heterocycles. The van der Waals surface area contributed by atoms with Crippen molar-refractivity contribution in [3.8, 4) is 0 Å². The molecule has 1 aromatic heterocycles. The molecule has 0 saturated carbocycles. The van der Waals surface area contributed by atoms with Gasteiger partial charge in [0.25, 0.3) is 0 Å². The Balaban J connectivity index is 1.36. The van der Waals surface area contributed by atoms with Crippen molar-refractivity contribution in [2.24, 2.45) is 0 Å². The first-order chi connectivity index (χ1) is 16.7. The quantitative estimate of drug-likeness (QED) is 0.546. The number of nitrogens with zero attached hydrogens (tertiary/aromatic N) is 3. The number of sulfonamides is 1. The van der Waals surface area contributed by atoms with Crippen LogP contribution >= 0.6 is 0 Å². The first-order valence-corrected chi connectivity index (χ1v) is 12.2. The van der Waals surface area contributed by atoms with Gasteiger partial charge in [-0.2, -0.15) is 4.31 Å². The molecule has 2 heterocycles. The van der Waals surface area contributed by atoms with Gasteiger partial charge in [0.2, 0.25) is 10.0 Å². The minimum atomic E-state index is -3.74. The van der Waals surface area contributed by atoms with Gasteiger partial charge < -0.3 is 15.5 Å². The Hall–Kier alpha value is -3.64. The fraction of sp³-hybridized carbons (Fsp3) is 0.217. The summed E-state index contributed by atoms with van der Waals surface area (Å²) in [6.07, 6.45) is 1.99. The van der Waals surface area contributed by atoms with Crippen molar-refractivity contribution in [3.05, 3.63) is 78.2 Å². The van der Waals surface area contributed by atoms with Crippen LogP contribution in [0.5, 0.6) is 0 Å². The summed E-state index contributed by atoms with van der Waals surface area (Å²) in [6, 6.07) is 10.1. The molecule has 1 fully saturated rings. The van der Waals surface area contributed by atoms with Crippen molar-refractivity contribution in [1.29, 1.82) is 0 Å².